The van der Waals surface area contributed by atoms with Gasteiger partial charge in [-0.1, -0.05) is 13.8 Å². The third-order valence-corrected chi connectivity index (χ3v) is 13.6. The number of hydrogen-bond donors (Lipinski definition) is 1. The van der Waals surface area contributed by atoms with Crippen LogP contribution < -0.4 is 0 Å². The molecule has 0 radical (unpaired) electrons. The number of rotatable bonds is 4. The van der Waals surface area contributed by atoms with E-state index in [9.17, 15) is 14.7 Å². The van der Waals surface area contributed by atoms with Gasteiger partial charge in [-0.05, 0) is 86.9 Å². The van der Waals surface area contributed by atoms with E-state index in [1.165, 1.54) is 19.3 Å². The van der Waals surface area contributed by atoms with Crippen molar-refractivity contribution < 1.29 is 28.7 Å². The molecular weight excluding hydrogens is 530 g/mol. The monoisotopic (exact) mass is 588 g/mol. The maximum atomic E-state index is 12.5. The van der Waals surface area contributed by atoms with Gasteiger partial charge in [0, 0.05) is 57.5 Å². The van der Waals surface area contributed by atoms with Crippen LogP contribution >= 0.6 is 0 Å². The second-order valence-corrected chi connectivity index (χ2v) is 16.4. The number of hydrogen-bond acceptors (Lipinski definition) is 7. The number of aliphatic hydroxyl groups is 1. The zero-order chi connectivity index (χ0) is 30.0. The van der Waals surface area contributed by atoms with Crippen molar-refractivity contribution in [3.63, 3.8) is 0 Å². The van der Waals surface area contributed by atoms with Crippen molar-refractivity contribution >= 4 is 11.9 Å². The highest BCUT2D eigenvalue weighted by atomic mass is 16.5. The Kier molecular flexibility index (Phi) is 8.28. The van der Waals surface area contributed by atoms with Gasteiger partial charge in [0.15, 0.2) is 0 Å². The number of piperidine rings is 1. The number of aliphatic hydroxyl groups excluding tert-OH is 1. The Hall–Kier alpha value is -1.22. The van der Waals surface area contributed by atoms with E-state index in [4.69, 9.17) is 9.47 Å². The Bertz CT molecular complexity index is 1020. The number of likely N-dealkylation sites (tertiary alicyclic amines) is 1. The number of quaternary nitrogens is 1. The summed E-state index contributed by atoms with van der Waals surface area (Å²) >= 11 is 0. The van der Waals surface area contributed by atoms with Crippen molar-refractivity contribution in [3.05, 3.63) is 0 Å². The topological polar surface area (TPSA) is 79.3 Å². The number of piperazine rings is 1. The van der Waals surface area contributed by atoms with Crippen LogP contribution in [0.15, 0.2) is 0 Å². The molecule has 8 heteroatoms. The van der Waals surface area contributed by atoms with Gasteiger partial charge in [-0.25, -0.2) is 0 Å². The van der Waals surface area contributed by atoms with Crippen molar-refractivity contribution in [1.29, 1.82) is 0 Å². The molecule has 42 heavy (non-hydrogen) atoms. The van der Waals surface area contributed by atoms with Crippen LogP contribution in [-0.2, 0) is 19.1 Å². The highest BCUT2D eigenvalue weighted by molar-refractivity contribution is 5.66. The summed E-state index contributed by atoms with van der Waals surface area (Å²) in [5, 5.41) is 10.2. The summed E-state index contributed by atoms with van der Waals surface area (Å²) in [5.41, 5.74) is 0.239. The van der Waals surface area contributed by atoms with Gasteiger partial charge in [0.1, 0.15) is 12.2 Å². The van der Waals surface area contributed by atoms with E-state index in [1.807, 2.05) is 0 Å². The normalized spacial score (nSPS) is 46.3. The Labute approximate surface area is 254 Å². The van der Waals surface area contributed by atoms with E-state index in [0.717, 1.165) is 82.3 Å². The van der Waals surface area contributed by atoms with Crippen molar-refractivity contribution in [2.45, 2.75) is 116 Å². The largest absolute Gasteiger partial charge is 0.461 e. The average molecular weight is 589 g/mol. The predicted octanol–water partition coefficient (Wildman–Crippen LogP) is 3.70. The molecular formula is C34H58N3O5+. The van der Waals surface area contributed by atoms with E-state index >= 15 is 0 Å². The van der Waals surface area contributed by atoms with Crippen LogP contribution in [-0.4, -0.2) is 115 Å². The first-order valence-corrected chi connectivity index (χ1v) is 17.1. The molecule has 10 atom stereocenters. The Morgan fingerprint density at radius 2 is 1.43 bits per heavy atom. The molecule has 1 N–H and O–H groups in total. The van der Waals surface area contributed by atoms with Crippen molar-refractivity contribution in [2.75, 3.05) is 53.4 Å². The van der Waals surface area contributed by atoms with Crippen LogP contribution in [0.25, 0.3) is 0 Å². The quantitative estimate of drug-likeness (QED) is 0.396. The molecule has 6 rings (SSSR count). The second kappa shape index (κ2) is 11.3. The van der Waals surface area contributed by atoms with Crippen molar-refractivity contribution in [2.24, 2.45) is 34.5 Å². The van der Waals surface area contributed by atoms with Gasteiger partial charge in [-0.3, -0.25) is 19.4 Å². The lowest BCUT2D eigenvalue weighted by atomic mass is 9.44. The Morgan fingerprint density at radius 1 is 0.786 bits per heavy atom. The lowest BCUT2D eigenvalue weighted by Crippen LogP contribution is -2.61. The molecule has 2 heterocycles. The molecule has 2 aliphatic heterocycles. The van der Waals surface area contributed by atoms with E-state index in [-0.39, 0.29) is 47.1 Å². The minimum Gasteiger partial charge on any atom is -0.461 e. The molecule has 0 aromatic heterocycles. The first-order chi connectivity index (χ1) is 19.8. The maximum Gasteiger partial charge on any atom is 0.302 e. The molecule has 0 bridgehead atoms. The number of ether oxygens (including phenoxy) is 2. The van der Waals surface area contributed by atoms with Crippen LogP contribution in [0.2, 0.25) is 0 Å². The standard InChI is InChI=1S/C34H58N3O5/c1-22(38)41-31-19-24-7-8-26-27(34(24,4)21-30(31)35-13-10-25(40)11-14-35)9-12-33(3)28(26)20-29(32(33)42-23(2)39)36-15-17-37(5,6)18-16-36/h24-32,40H,7-21H2,1-6H3/q+1/t24-,26+,27-,28-,29-,30-,31-,32-,33-,34-/m0/s1. The zero-order valence-electron chi connectivity index (χ0n) is 27.2. The summed E-state index contributed by atoms with van der Waals surface area (Å²) in [5.74, 6) is 2.15. The number of fused-ring (bicyclic) bond motifs is 5. The molecule has 0 amide bonds. The second-order valence-electron chi connectivity index (χ2n) is 16.4. The SMILES string of the molecule is CC(=O)O[C@H]1C[C@@H]2CC[C@@H]3[C@H](CC[C@@]4(C)[C@H]3C[C@H](N3CC[N+](C)(C)CC3)[C@@H]4OC(C)=O)[C@@]2(C)C[C@@H]1N1CCC(O)CC1. The molecule has 6 fully saturated rings. The predicted molar refractivity (Wildman–Crippen MR) is 161 cm³/mol. The molecule has 0 aromatic rings. The summed E-state index contributed by atoms with van der Waals surface area (Å²) in [6.07, 6.45) is 9.28. The van der Waals surface area contributed by atoms with Crippen LogP contribution in [0.1, 0.15) is 85.5 Å². The van der Waals surface area contributed by atoms with E-state index in [1.54, 1.807) is 13.8 Å². The molecule has 6 aliphatic rings. The third-order valence-electron chi connectivity index (χ3n) is 13.6. The van der Waals surface area contributed by atoms with Gasteiger partial charge in [0.05, 0.1) is 33.3 Å². The van der Waals surface area contributed by atoms with Gasteiger partial charge in [-0.15, -0.1) is 0 Å². The Balaban J connectivity index is 1.26. The highest BCUT2D eigenvalue weighted by Gasteiger charge is 2.65. The van der Waals surface area contributed by atoms with Crippen molar-refractivity contribution in [3.8, 4) is 0 Å². The first kappa shape index (κ1) is 30.8. The molecule has 4 saturated carbocycles. The van der Waals surface area contributed by atoms with Crippen LogP contribution in [0, 0.1) is 34.5 Å². The fourth-order valence-corrected chi connectivity index (χ4v) is 11.2. The summed E-state index contributed by atoms with van der Waals surface area (Å²) in [6.45, 7) is 14.4. The lowest BCUT2D eigenvalue weighted by Gasteiger charge is -2.62. The smallest absolute Gasteiger partial charge is 0.302 e. The molecule has 0 spiro atoms. The van der Waals surface area contributed by atoms with E-state index < -0.39 is 0 Å². The van der Waals surface area contributed by atoms with Crippen molar-refractivity contribution in [1.82, 2.24) is 9.80 Å². The number of esters is 2. The highest BCUT2D eigenvalue weighted by Crippen LogP contribution is 2.67. The van der Waals surface area contributed by atoms with Gasteiger partial charge in [0.2, 0.25) is 0 Å². The maximum absolute atomic E-state index is 12.5. The number of nitrogens with zero attached hydrogens (tertiary/aromatic N) is 3. The average Bonchev–Trinajstić information content (AvgIpc) is 3.20. The van der Waals surface area contributed by atoms with Gasteiger partial charge in [-0.2, -0.15) is 0 Å². The molecule has 0 aromatic carbocycles. The van der Waals surface area contributed by atoms with Gasteiger partial charge in [0.25, 0.3) is 0 Å². The molecule has 4 aliphatic carbocycles. The molecule has 238 valence electrons. The summed E-state index contributed by atoms with van der Waals surface area (Å²) in [4.78, 5) is 29.9. The number of carbonyl (C=O) groups is 2. The lowest BCUT2D eigenvalue weighted by molar-refractivity contribution is -0.894. The zero-order valence-corrected chi connectivity index (χ0v) is 27.2. The van der Waals surface area contributed by atoms with E-state index in [0.29, 0.717) is 29.7 Å². The van der Waals surface area contributed by atoms with Gasteiger partial charge < -0.3 is 19.1 Å². The summed E-state index contributed by atoms with van der Waals surface area (Å²) in [6, 6.07) is 0.551. The molecule has 0 unspecified atom stereocenters. The Morgan fingerprint density at radius 3 is 2.07 bits per heavy atom. The minimum absolute atomic E-state index is 0.0209. The summed E-state index contributed by atoms with van der Waals surface area (Å²) < 4.78 is 13.4. The first-order valence-electron chi connectivity index (χ1n) is 17.1. The molecule has 8 nitrogen and oxygen atoms in total. The number of carbonyl (C=O) groups excluding carboxylic acids is 2. The summed E-state index contributed by atoms with van der Waals surface area (Å²) in [7, 11) is 4.66. The number of likely N-dealkylation sites (N-methyl/N-ethyl adjacent to an activating group) is 1. The van der Waals surface area contributed by atoms with Crippen LogP contribution in [0.4, 0.5) is 0 Å². The van der Waals surface area contributed by atoms with Crippen LogP contribution in [0.3, 0.4) is 0 Å². The molecule has 2 saturated heterocycles. The minimum atomic E-state index is -0.208. The van der Waals surface area contributed by atoms with Gasteiger partial charge >= 0.3 is 11.9 Å². The fourth-order valence-electron chi connectivity index (χ4n) is 11.2. The van der Waals surface area contributed by atoms with E-state index in [2.05, 4.69) is 37.7 Å². The van der Waals surface area contributed by atoms with Crippen LogP contribution in [0.5, 0.6) is 0 Å². The third kappa shape index (κ3) is 5.45. The fraction of sp³-hybridized carbons (Fsp3) is 0.941.